The Hall–Kier alpha value is -1.71. The topological polar surface area (TPSA) is 61.6 Å². The number of ether oxygens (including phenoxy) is 2. The molecule has 0 aliphatic rings. The Labute approximate surface area is 127 Å². The van der Waals surface area contributed by atoms with Crippen molar-refractivity contribution in [3.63, 3.8) is 0 Å². The van der Waals surface area contributed by atoms with Gasteiger partial charge in [0.1, 0.15) is 17.1 Å². The summed E-state index contributed by atoms with van der Waals surface area (Å²) in [5.41, 5.74) is 7.45. The second-order valence-electron chi connectivity index (χ2n) is 7.28. The van der Waals surface area contributed by atoms with Crippen molar-refractivity contribution < 1.29 is 14.3 Å². The third-order valence-corrected chi connectivity index (χ3v) is 3.50. The van der Waals surface area contributed by atoms with Gasteiger partial charge in [0.15, 0.2) is 0 Å². The number of nitrogens with two attached hydrogens (primary N) is 1. The van der Waals surface area contributed by atoms with Gasteiger partial charge in [-0.25, -0.2) is 0 Å². The van der Waals surface area contributed by atoms with Gasteiger partial charge in [0.2, 0.25) is 0 Å². The molecule has 1 rings (SSSR count). The lowest BCUT2D eigenvalue weighted by Gasteiger charge is -2.30. The number of rotatable bonds is 3. The lowest BCUT2D eigenvalue weighted by Crippen LogP contribution is -2.23. The van der Waals surface area contributed by atoms with Gasteiger partial charge in [0.25, 0.3) is 5.91 Å². The molecule has 0 unspecified atom stereocenters. The first-order valence-electron chi connectivity index (χ1n) is 7.04. The van der Waals surface area contributed by atoms with Crippen LogP contribution in [-0.4, -0.2) is 20.1 Å². The monoisotopic (exact) mass is 293 g/mol. The van der Waals surface area contributed by atoms with Crippen molar-refractivity contribution in [2.75, 3.05) is 14.2 Å². The zero-order valence-electron chi connectivity index (χ0n) is 14.4. The van der Waals surface area contributed by atoms with Crippen LogP contribution in [-0.2, 0) is 10.8 Å². The molecule has 0 saturated heterocycles. The normalized spacial score (nSPS) is 12.2. The van der Waals surface area contributed by atoms with Crippen LogP contribution in [0.1, 0.15) is 63.0 Å². The fourth-order valence-corrected chi connectivity index (χ4v) is 2.41. The largest absolute Gasteiger partial charge is 0.495 e. The maximum absolute atomic E-state index is 12.0. The average Bonchev–Trinajstić information content (AvgIpc) is 2.33. The van der Waals surface area contributed by atoms with E-state index in [1.165, 1.54) is 0 Å². The van der Waals surface area contributed by atoms with E-state index in [4.69, 9.17) is 15.2 Å². The molecule has 0 heterocycles. The molecule has 0 atom stereocenters. The van der Waals surface area contributed by atoms with Crippen LogP contribution in [0.2, 0.25) is 0 Å². The van der Waals surface area contributed by atoms with Gasteiger partial charge >= 0.3 is 0 Å². The highest BCUT2D eigenvalue weighted by atomic mass is 16.5. The number of primary amides is 1. The fraction of sp³-hybridized carbons (Fsp3) is 0.588. The molecule has 4 nitrogen and oxygen atoms in total. The lowest BCUT2D eigenvalue weighted by atomic mass is 9.78. The van der Waals surface area contributed by atoms with Crippen LogP contribution in [0.15, 0.2) is 6.07 Å². The number of amides is 1. The number of hydrogen-bond donors (Lipinski definition) is 1. The summed E-state index contributed by atoms with van der Waals surface area (Å²) in [6.45, 7) is 12.5. The highest BCUT2D eigenvalue weighted by molar-refractivity contribution is 6.00. The Morgan fingerprint density at radius 1 is 0.905 bits per heavy atom. The predicted molar refractivity (Wildman–Crippen MR) is 85.5 cm³/mol. The second-order valence-corrected chi connectivity index (χ2v) is 7.28. The number of carbonyl (C=O) groups excluding carboxylic acids is 1. The van der Waals surface area contributed by atoms with E-state index in [0.29, 0.717) is 17.1 Å². The molecule has 0 saturated carbocycles. The third-order valence-electron chi connectivity index (χ3n) is 3.50. The zero-order chi connectivity index (χ0) is 16.6. The number of carbonyl (C=O) groups is 1. The Bertz CT molecular complexity index is 508. The van der Waals surface area contributed by atoms with E-state index in [9.17, 15) is 4.79 Å². The fourth-order valence-electron chi connectivity index (χ4n) is 2.41. The first-order valence-corrected chi connectivity index (χ1v) is 7.04. The Morgan fingerprint density at radius 2 is 1.24 bits per heavy atom. The van der Waals surface area contributed by atoms with Gasteiger partial charge in [-0.05, 0) is 16.9 Å². The molecule has 21 heavy (non-hydrogen) atoms. The van der Waals surface area contributed by atoms with Gasteiger partial charge < -0.3 is 15.2 Å². The maximum atomic E-state index is 12.0. The molecular formula is C17H27NO3. The van der Waals surface area contributed by atoms with Crippen LogP contribution < -0.4 is 15.2 Å². The minimum absolute atomic E-state index is 0.179. The first-order chi connectivity index (χ1) is 9.45. The molecule has 1 amide bonds. The van der Waals surface area contributed by atoms with Gasteiger partial charge in [0, 0.05) is 11.1 Å². The maximum Gasteiger partial charge on any atom is 0.256 e. The molecule has 4 heteroatoms. The summed E-state index contributed by atoms with van der Waals surface area (Å²) in [6.07, 6.45) is 0. The van der Waals surface area contributed by atoms with Crippen LogP contribution >= 0.6 is 0 Å². The molecule has 0 aromatic heterocycles. The SMILES string of the molecule is COc1c(C(C)(C)C)cc(C(C)(C)C)c(OC)c1C(N)=O. The van der Waals surface area contributed by atoms with Crippen LogP contribution in [0.5, 0.6) is 11.5 Å². The number of methoxy groups -OCH3 is 2. The zero-order valence-corrected chi connectivity index (χ0v) is 14.4. The van der Waals surface area contributed by atoms with E-state index >= 15 is 0 Å². The molecular weight excluding hydrogens is 266 g/mol. The quantitative estimate of drug-likeness (QED) is 0.929. The molecule has 118 valence electrons. The third kappa shape index (κ3) is 3.31. The average molecular weight is 293 g/mol. The van der Waals surface area contributed by atoms with E-state index in [1.807, 2.05) is 0 Å². The molecule has 0 radical (unpaired) electrons. The highest BCUT2D eigenvalue weighted by Gasteiger charge is 2.32. The van der Waals surface area contributed by atoms with E-state index in [2.05, 4.69) is 47.6 Å². The number of benzene rings is 1. The standard InChI is InChI=1S/C17H27NO3/c1-16(2,3)10-9-11(17(4,5)6)14(21-8)12(15(18)19)13(10)20-7/h9H,1-8H3,(H2,18,19). The Kier molecular flexibility index (Phi) is 4.61. The van der Waals surface area contributed by atoms with Gasteiger partial charge in [-0.1, -0.05) is 41.5 Å². The van der Waals surface area contributed by atoms with Crippen molar-refractivity contribution in [3.05, 3.63) is 22.8 Å². The van der Waals surface area contributed by atoms with Crippen LogP contribution in [0.25, 0.3) is 0 Å². The van der Waals surface area contributed by atoms with Gasteiger partial charge in [-0.2, -0.15) is 0 Å². The van der Waals surface area contributed by atoms with E-state index in [0.717, 1.165) is 11.1 Å². The van der Waals surface area contributed by atoms with Crippen molar-refractivity contribution in [2.24, 2.45) is 5.73 Å². The van der Waals surface area contributed by atoms with E-state index < -0.39 is 5.91 Å². The van der Waals surface area contributed by atoms with E-state index in [1.54, 1.807) is 14.2 Å². The smallest absolute Gasteiger partial charge is 0.256 e. The summed E-state index contributed by atoms with van der Waals surface area (Å²) in [6, 6.07) is 2.06. The lowest BCUT2D eigenvalue weighted by molar-refractivity contribution is 0.0993. The van der Waals surface area contributed by atoms with Gasteiger partial charge in [-0.3, -0.25) is 4.79 Å². The van der Waals surface area contributed by atoms with Crippen LogP contribution in [0.4, 0.5) is 0 Å². The summed E-state index contributed by atoms with van der Waals surface area (Å²) >= 11 is 0. The van der Waals surface area contributed by atoms with Crippen molar-refractivity contribution in [2.45, 2.75) is 52.4 Å². The van der Waals surface area contributed by atoms with Gasteiger partial charge in [0.05, 0.1) is 14.2 Å². The first kappa shape index (κ1) is 17.3. The molecule has 0 aliphatic carbocycles. The van der Waals surface area contributed by atoms with Crippen LogP contribution in [0.3, 0.4) is 0 Å². The molecule has 0 spiro atoms. The molecule has 1 aromatic carbocycles. The van der Waals surface area contributed by atoms with Crippen LogP contribution in [0, 0.1) is 0 Å². The minimum Gasteiger partial charge on any atom is -0.495 e. The summed E-state index contributed by atoms with van der Waals surface area (Å²) < 4.78 is 11.0. The Morgan fingerprint density at radius 3 is 1.43 bits per heavy atom. The van der Waals surface area contributed by atoms with E-state index in [-0.39, 0.29) is 10.8 Å². The second kappa shape index (κ2) is 5.58. The Balaban J connectivity index is 3.95. The summed E-state index contributed by atoms with van der Waals surface area (Å²) in [5, 5.41) is 0. The molecule has 1 aromatic rings. The summed E-state index contributed by atoms with van der Waals surface area (Å²) in [5.74, 6) is 0.458. The molecule has 0 aliphatic heterocycles. The summed E-state index contributed by atoms with van der Waals surface area (Å²) in [4.78, 5) is 12.0. The molecule has 0 bridgehead atoms. The predicted octanol–water partition coefficient (Wildman–Crippen LogP) is 3.40. The van der Waals surface area contributed by atoms with Crippen molar-refractivity contribution in [1.82, 2.24) is 0 Å². The number of hydrogen-bond acceptors (Lipinski definition) is 3. The highest BCUT2D eigenvalue weighted by Crippen LogP contribution is 2.44. The van der Waals surface area contributed by atoms with Crippen molar-refractivity contribution >= 4 is 5.91 Å². The van der Waals surface area contributed by atoms with Crippen molar-refractivity contribution in [1.29, 1.82) is 0 Å². The van der Waals surface area contributed by atoms with Gasteiger partial charge in [-0.15, -0.1) is 0 Å². The summed E-state index contributed by atoms with van der Waals surface area (Å²) in [7, 11) is 3.10. The molecule has 0 fully saturated rings. The molecule has 2 N–H and O–H groups in total. The minimum atomic E-state index is -0.541. The van der Waals surface area contributed by atoms with Crippen molar-refractivity contribution in [3.8, 4) is 11.5 Å².